The molecule has 164 valence electrons. The van der Waals surface area contributed by atoms with Crippen molar-refractivity contribution in [3.05, 3.63) is 48.2 Å². The lowest BCUT2D eigenvalue weighted by atomic mass is 10.0. The van der Waals surface area contributed by atoms with Crippen LogP contribution >= 0.6 is 0 Å². The molecule has 1 saturated carbocycles. The fourth-order valence-corrected chi connectivity index (χ4v) is 4.07. The zero-order valence-electron chi connectivity index (χ0n) is 17.7. The van der Waals surface area contributed by atoms with Crippen molar-refractivity contribution in [1.29, 1.82) is 0 Å². The van der Waals surface area contributed by atoms with E-state index in [1.807, 2.05) is 42.5 Å². The van der Waals surface area contributed by atoms with E-state index in [1.54, 1.807) is 4.90 Å². The number of carbonyl (C=O) groups is 2. The van der Waals surface area contributed by atoms with Crippen LogP contribution < -0.4 is 16.0 Å². The number of rotatable bonds is 7. The Morgan fingerprint density at radius 1 is 1.12 bits per heavy atom. The Labute approximate surface area is 185 Å². The highest BCUT2D eigenvalue weighted by Crippen LogP contribution is 2.33. The first-order valence-corrected chi connectivity index (χ1v) is 10.9. The first-order valence-electron chi connectivity index (χ1n) is 10.9. The number of carbonyl (C=O) groups excluding carboxylic acids is 2. The second-order valence-corrected chi connectivity index (χ2v) is 8.32. The zero-order chi connectivity index (χ0) is 22.1. The minimum atomic E-state index is -0.592. The standard InChI is InChI=1S/C24H25N5O3/c25-24(31)23-22(26-10-9-15-1-2-15)19-8-5-17(13-20(19)27-28-23)16-3-6-18(7-4-16)29-11-12-32-14-21(29)30/h3-8,13,15H,1-2,9-12,14H2,(H2,25,31)(H,26,27). The van der Waals surface area contributed by atoms with E-state index < -0.39 is 5.91 Å². The number of aromatic nitrogens is 2. The highest BCUT2D eigenvalue weighted by atomic mass is 16.5. The number of nitrogens with one attached hydrogen (secondary N) is 1. The van der Waals surface area contributed by atoms with Gasteiger partial charge in [0.15, 0.2) is 5.69 Å². The summed E-state index contributed by atoms with van der Waals surface area (Å²) in [5.41, 5.74) is 9.88. The molecule has 5 rings (SSSR count). The van der Waals surface area contributed by atoms with Crippen molar-refractivity contribution in [3.8, 4) is 11.1 Å². The lowest BCUT2D eigenvalue weighted by Crippen LogP contribution is -2.41. The second-order valence-electron chi connectivity index (χ2n) is 8.32. The van der Waals surface area contributed by atoms with Crippen LogP contribution in [0.1, 0.15) is 29.8 Å². The molecule has 0 radical (unpaired) electrons. The Morgan fingerprint density at radius 3 is 2.62 bits per heavy atom. The van der Waals surface area contributed by atoms with Gasteiger partial charge in [0.2, 0.25) is 0 Å². The van der Waals surface area contributed by atoms with Gasteiger partial charge in [-0.3, -0.25) is 9.59 Å². The van der Waals surface area contributed by atoms with Gasteiger partial charge in [0.05, 0.1) is 17.8 Å². The summed E-state index contributed by atoms with van der Waals surface area (Å²) in [7, 11) is 0. The van der Waals surface area contributed by atoms with E-state index in [4.69, 9.17) is 10.5 Å². The third kappa shape index (κ3) is 4.13. The molecule has 2 heterocycles. The number of amides is 2. The number of fused-ring (bicyclic) bond motifs is 1. The fourth-order valence-electron chi connectivity index (χ4n) is 4.07. The van der Waals surface area contributed by atoms with Gasteiger partial charge in [-0.25, -0.2) is 0 Å². The third-order valence-corrected chi connectivity index (χ3v) is 6.04. The zero-order valence-corrected chi connectivity index (χ0v) is 17.7. The van der Waals surface area contributed by atoms with Gasteiger partial charge < -0.3 is 20.7 Å². The van der Waals surface area contributed by atoms with E-state index in [9.17, 15) is 9.59 Å². The van der Waals surface area contributed by atoms with Crippen molar-refractivity contribution >= 4 is 34.1 Å². The van der Waals surface area contributed by atoms with Crippen molar-refractivity contribution in [1.82, 2.24) is 10.2 Å². The van der Waals surface area contributed by atoms with Gasteiger partial charge in [-0.05, 0) is 47.7 Å². The molecule has 0 spiro atoms. The summed E-state index contributed by atoms with van der Waals surface area (Å²) >= 11 is 0. The average molecular weight is 431 g/mol. The quantitative estimate of drug-likeness (QED) is 0.595. The van der Waals surface area contributed by atoms with Crippen molar-refractivity contribution < 1.29 is 14.3 Å². The number of ether oxygens (including phenoxy) is 1. The number of anilines is 2. The number of morpholine rings is 1. The molecule has 1 saturated heterocycles. The number of nitrogens with zero attached hydrogens (tertiary/aromatic N) is 3. The molecule has 2 aliphatic rings. The van der Waals surface area contributed by atoms with Crippen LogP contribution in [0.4, 0.5) is 11.4 Å². The van der Waals surface area contributed by atoms with Crippen LogP contribution in [-0.2, 0) is 9.53 Å². The van der Waals surface area contributed by atoms with Crippen LogP contribution in [0.15, 0.2) is 42.5 Å². The van der Waals surface area contributed by atoms with Crippen LogP contribution in [0.5, 0.6) is 0 Å². The summed E-state index contributed by atoms with van der Waals surface area (Å²) < 4.78 is 5.20. The number of primary amides is 1. The van der Waals surface area contributed by atoms with Crippen LogP contribution in [0.2, 0.25) is 0 Å². The molecular weight excluding hydrogens is 406 g/mol. The molecule has 3 aromatic rings. The maximum Gasteiger partial charge on any atom is 0.271 e. The first kappa shape index (κ1) is 20.4. The lowest BCUT2D eigenvalue weighted by molar-refractivity contribution is -0.125. The van der Waals surface area contributed by atoms with E-state index in [0.717, 1.165) is 41.1 Å². The molecule has 2 fully saturated rings. The second kappa shape index (κ2) is 8.55. The Hall–Kier alpha value is -3.52. The Bertz CT molecular complexity index is 1170. The number of hydrogen-bond acceptors (Lipinski definition) is 6. The molecule has 1 aliphatic heterocycles. The molecule has 2 amide bonds. The Balaban J connectivity index is 1.43. The smallest absolute Gasteiger partial charge is 0.271 e. The summed E-state index contributed by atoms with van der Waals surface area (Å²) in [5, 5.41) is 12.5. The number of benzene rings is 2. The summed E-state index contributed by atoms with van der Waals surface area (Å²) in [4.78, 5) is 25.7. The monoisotopic (exact) mass is 431 g/mol. The molecule has 1 aromatic heterocycles. The van der Waals surface area contributed by atoms with Gasteiger partial charge in [-0.2, -0.15) is 0 Å². The van der Waals surface area contributed by atoms with Gasteiger partial charge >= 0.3 is 0 Å². The Kier molecular flexibility index (Phi) is 5.45. The molecule has 32 heavy (non-hydrogen) atoms. The van der Waals surface area contributed by atoms with Crippen LogP contribution in [0.25, 0.3) is 22.0 Å². The number of nitrogens with two attached hydrogens (primary N) is 1. The SMILES string of the molecule is NC(=O)c1nnc2cc(-c3ccc(N4CCOCC4=O)cc3)ccc2c1NCCC1CC1. The molecule has 8 heteroatoms. The van der Waals surface area contributed by atoms with Gasteiger partial charge in [0.25, 0.3) is 11.8 Å². The largest absolute Gasteiger partial charge is 0.383 e. The third-order valence-electron chi connectivity index (χ3n) is 6.04. The summed E-state index contributed by atoms with van der Waals surface area (Å²) in [6.45, 7) is 1.99. The maximum absolute atomic E-state index is 12.1. The lowest BCUT2D eigenvalue weighted by Gasteiger charge is -2.26. The predicted molar refractivity (Wildman–Crippen MR) is 122 cm³/mol. The summed E-state index contributed by atoms with van der Waals surface area (Å²) in [5.74, 6) is 0.158. The van der Waals surface area contributed by atoms with Gasteiger partial charge in [0.1, 0.15) is 6.61 Å². The van der Waals surface area contributed by atoms with Crippen molar-refractivity contribution in [3.63, 3.8) is 0 Å². The van der Waals surface area contributed by atoms with Crippen molar-refractivity contribution in [2.45, 2.75) is 19.3 Å². The molecule has 2 aromatic carbocycles. The van der Waals surface area contributed by atoms with Gasteiger partial charge in [-0.1, -0.05) is 31.0 Å². The first-order chi connectivity index (χ1) is 15.6. The number of hydrogen-bond donors (Lipinski definition) is 2. The maximum atomic E-state index is 12.1. The summed E-state index contributed by atoms with van der Waals surface area (Å²) in [6.07, 6.45) is 3.63. The van der Waals surface area contributed by atoms with Crippen LogP contribution in [0.3, 0.4) is 0 Å². The van der Waals surface area contributed by atoms with E-state index in [0.29, 0.717) is 24.4 Å². The fraction of sp³-hybridized carbons (Fsp3) is 0.333. The molecule has 3 N–H and O–H groups in total. The van der Waals surface area contributed by atoms with E-state index >= 15 is 0 Å². The van der Waals surface area contributed by atoms with E-state index in [2.05, 4.69) is 15.5 Å². The van der Waals surface area contributed by atoms with Gasteiger partial charge in [0, 0.05) is 24.2 Å². The molecule has 8 nitrogen and oxygen atoms in total. The normalized spacial score (nSPS) is 16.4. The topological polar surface area (TPSA) is 110 Å². The average Bonchev–Trinajstić information content (AvgIpc) is 3.63. The van der Waals surface area contributed by atoms with Gasteiger partial charge in [-0.15, -0.1) is 10.2 Å². The van der Waals surface area contributed by atoms with Crippen LogP contribution in [0, 0.1) is 5.92 Å². The van der Waals surface area contributed by atoms with Crippen LogP contribution in [-0.4, -0.2) is 48.3 Å². The molecular formula is C24H25N5O3. The molecule has 0 unspecified atom stereocenters. The van der Waals surface area contributed by atoms with E-state index in [1.165, 1.54) is 12.8 Å². The molecule has 1 aliphatic carbocycles. The van der Waals surface area contributed by atoms with Crippen molar-refractivity contribution in [2.75, 3.05) is 36.5 Å². The van der Waals surface area contributed by atoms with Crippen molar-refractivity contribution in [2.24, 2.45) is 11.7 Å². The highest BCUT2D eigenvalue weighted by molar-refractivity contribution is 6.05. The van der Waals surface area contributed by atoms with E-state index in [-0.39, 0.29) is 18.2 Å². The predicted octanol–water partition coefficient (Wildman–Crippen LogP) is 2.97. The minimum Gasteiger partial charge on any atom is -0.383 e. The minimum absolute atomic E-state index is 0.0306. The molecule has 0 atom stereocenters. The Morgan fingerprint density at radius 2 is 1.91 bits per heavy atom. The summed E-state index contributed by atoms with van der Waals surface area (Å²) in [6, 6.07) is 13.7. The highest BCUT2D eigenvalue weighted by Gasteiger charge is 2.22. The molecule has 0 bridgehead atoms.